The van der Waals surface area contributed by atoms with Gasteiger partial charge in [-0.25, -0.2) is 0 Å². The van der Waals surface area contributed by atoms with Gasteiger partial charge in [0.2, 0.25) is 0 Å². The van der Waals surface area contributed by atoms with Crippen molar-refractivity contribution < 1.29 is 74.5 Å². The standard InChI is InChI=1S/2ClH.Co.6H2O/h2*1H;;6*1H2/p-2. The fourth-order valence-electron chi connectivity index (χ4n) is 0. The average Bonchev–Trinajstić information content (AvgIpc) is 0. The predicted molar refractivity (Wildman–Crippen MR) is 21.7 cm³/mol. The molecule has 73 valence electrons. The molecule has 0 bridgehead atoms. The maximum Gasteiger partial charge on any atom is 0 e. The second-order valence-electron chi connectivity index (χ2n) is 0. The summed E-state index contributed by atoms with van der Waals surface area (Å²) in [5.41, 5.74) is 0. The molecule has 0 saturated carbocycles. The quantitative estimate of drug-likeness (QED) is 0.387. The van der Waals surface area contributed by atoms with E-state index in [0.29, 0.717) is 0 Å². The van der Waals surface area contributed by atoms with Crippen LogP contribution in [0, 0.1) is 0 Å². The van der Waals surface area contributed by atoms with Gasteiger partial charge in [-0.1, -0.05) is 0 Å². The molecule has 9 heavy (non-hydrogen) atoms. The molecule has 0 aromatic heterocycles. The van der Waals surface area contributed by atoms with Crippen molar-refractivity contribution in [2.75, 3.05) is 0 Å². The third-order valence-corrected chi connectivity index (χ3v) is 0. The minimum atomic E-state index is 0. The predicted octanol–water partition coefficient (Wildman–Crippen LogP) is -10.9. The van der Waals surface area contributed by atoms with E-state index in [4.69, 9.17) is 0 Å². The number of halogens is 2. The summed E-state index contributed by atoms with van der Waals surface area (Å²) in [5.74, 6) is 0. The molecule has 0 aromatic rings. The molecule has 0 aromatic carbocycles. The Morgan fingerprint density at radius 3 is 0.333 bits per heavy atom. The summed E-state index contributed by atoms with van der Waals surface area (Å²) >= 11 is 0. The van der Waals surface area contributed by atoms with E-state index in [1.165, 1.54) is 0 Å². The molecule has 9 heteroatoms. The Hall–Kier alpha value is 0.846. The van der Waals surface area contributed by atoms with Gasteiger partial charge in [-0.05, 0) is 0 Å². The summed E-state index contributed by atoms with van der Waals surface area (Å²) in [7, 11) is 0. The summed E-state index contributed by atoms with van der Waals surface area (Å²) in [5, 5.41) is 0. The summed E-state index contributed by atoms with van der Waals surface area (Å²) in [6.45, 7) is 0. The first-order valence-corrected chi connectivity index (χ1v) is 0. The van der Waals surface area contributed by atoms with Crippen LogP contribution in [0.2, 0.25) is 0 Å². The summed E-state index contributed by atoms with van der Waals surface area (Å²) < 4.78 is 0. The van der Waals surface area contributed by atoms with Crippen molar-refractivity contribution in [2.24, 2.45) is 0 Å². The van der Waals surface area contributed by atoms with Crippen molar-refractivity contribution in [3.8, 4) is 0 Å². The molecule has 0 fully saturated rings. The monoisotopic (exact) mass is 237 g/mol. The van der Waals surface area contributed by atoms with E-state index in [2.05, 4.69) is 0 Å². The molecule has 1 radical (unpaired) electrons. The summed E-state index contributed by atoms with van der Waals surface area (Å²) in [6, 6.07) is 0. The van der Waals surface area contributed by atoms with Gasteiger partial charge in [0, 0.05) is 16.8 Å². The Kier molecular flexibility index (Phi) is 90800. The minimum Gasteiger partial charge on any atom is -1.00 e. The minimum absolute atomic E-state index is 0. The average molecular weight is 238 g/mol. The van der Waals surface area contributed by atoms with Gasteiger partial charge >= 0.3 is 0 Å². The van der Waals surface area contributed by atoms with Gasteiger partial charge in [-0.2, -0.15) is 0 Å². The van der Waals surface area contributed by atoms with Crippen LogP contribution in [0.1, 0.15) is 0 Å². The van der Waals surface area contributed by atoms with Gasteiger partial charge < -0.3 is 57.7 Å². The Bertz CT molecular complexity index is 11.0. The van der Waals surface area contributed by atoms with Crippen LogP contribution < -0.4 is 24.8 Å². The zero-order valence-corrected chi connectivity index (χ0v) is 6.64. The molecule has 0 aliphatic carbocycles. The topological polar surface area (TPSA) is 189 Å². The van der Waals surface area contributed by atoms with Gasteiger partial charge in [-0.3, -0.25) is 0 Å². The van der Waals surface area contributed by atoms with E-state index in [1.54, 1.807) is 0 Å². The third kappa shape index (κ3) is 579. The molecule has 0 heterocycles. The van der Waals surface area contributed by atoms with Crippen LogP contribution in [0.3, 0.4) is 0 Å². The third-order valence-electron chi connectivity index (χ3n) is 0. The van der Waals surface area contributed by atoms with E-state index < -0.39 is 0 Å². The van der Waals surface area contributed by atoms with Crippen LogP contribution in [0.25, 0.3) is 0 Å². The van der Waals surface area contributed by atoms with Crippen molar-refractivity contribution in [1.82, 2.24) is 0 Å². The van der Waals surface area contributed by atoms with E-state index >= 15 is 0 Å². The van der Waals surface area contributed by atoms with Crippen molar-refractivity contribution >= 4 is 0 Å². The largest absolute Gasteiger partial charge is 1.00 e. The van der Waals surface area contributed by atoms with Crippen LogP contribution in [-0.2, 0) is 16.8 Å². The first-order valence-electron chi connectivity index (χ1n) is 0. The molecule has 0 spiro atoms. The Morgan fingerprint density at radius 1 is 0.333 bits per heavy atom. The van der Waals surface area contributed by atoms with Gasteiger partial charge in [0.05, 0.1) is 0 Å². The maximum absolute atomic E-state index is 0. The van der Waals surface area contributed by atoms with E-state index in [-0.39, 0.29) is 74.5 Å². The summed E-state index contributed by atoms with van der Waals surface area (Å²) in [4.78, 5) is 0. The van der Waals surface area contributed by atoms with Crippen LogP contribution in [-0.4, -0.2) is 32.9 Å². The van der Waals surface area contributed by atoms with Gasteiger partial charge in [-0.15, -0.1) is 0 Å². The molecule has 0 saturated heterocycles. The Labute approximate surface area is 74.9 Å². The molecular formula is H12Cl2CoO6-2. The molecule has 6 nitrogen and oxygen atoms in total. The normalized spacial score (nSPS) is 0. The molecule has 0 rings (SSSR count). The van der Waals surface area contributed by atoms with E-state index in [9.17, 15) is 0 Å². The molecule has 0 aliphatic rings. The molecular weight excluding hydrogens is 226 g/mol. The molecule has 0 aliphatic heterocycles. The second-order valence-corrected chi connectivity index (χ2v) is 0. The fourth-order valence-corrected chi connectivity index (χ4v) is 0. The first kappa shape index (κ1) is 1080. The molecule has 0 unspecified atom stereocenters. The van der Waals surface area contributed by atoms with E-state index in [0.717, 1.165) is 0 Å². The molecule has 0 atom stereocenters. The summed E-state index contributed by atoms with van der Waals surface area (Å²) in [6.07, 6.45) is 0. The van der Waals surface area contributed by atoms with Crippen molar-refractivity contribution in [3.05, 3.63) is 0 Å². The fraction of sp³-hybridized carbons (Fsp3) is 0. The number of hydrogen-bond donors (Lipinski definition) is 0. The van der Waals surface area contributed by atoms with Gasteiger partial charge in [0.1, 0.15) is 0 Å². The van der Waals surface area contributed by atoms with Crippen LogP contribution >= 0.6 is 0 Å². The number of hydrogen-bond acceptors (Lipinski definition) is 0. The van der Waals surface area contributed by atoms with Gasteiger partial charge in [0.15, 0.2) is 0 Å². The number of rotatable bonds is 0. The zero-order valence-electron chi connectivity index (χ0n) is 4.09. The first-order chi connectivity index (χ1) is 0. The molecule has 12 N–H and O–H groups in total. The smallest absolute Gasteiger partial charge is 0 e. The Balaban J connectivity index is 0. The van der Waals surface area contributed by atoms with E-state index in [1.807, 2.05) is 0 Å². The van der Waals surface area contributed by atoms with Crippen LogP contribution in [0.4, 0.5) is 0 Å². The maximum atomic E-state index is 0. The van der Waals surface area contributed by atoms with Gasteiger partial charge in [0.25, 0.3) is 0 Å². The van der Waals surface area contributed by atoms with Crippen LogP contribution in [0.15, 0.2) is 0 Å². The SMILES string of the molecule is O.O.O.O.O.O.[Cl-].[Cl-].[Co]. The zero-order chi connectivity index (χ0) is 0. The Morgan fingerprint density at radius 2 is 0.333 bits per heavy atom. The van der Waals surface area contributed by atoms with Crippen molar-refractivity contribution in [3.63, 3.8) is 0 Å². The van der Waals surface area contributed by atoms with Crippen molar-refractivity contribution in [2.45, 2.75) is 0 Å². The second kappa shape index (κ2) is 760. The van der Waals surface area contributed by atoms with Crippen molar-refractivity contribution in [1.29, 1.82) is 0 Å². The molecule has 0 amide bonds. The van der Waals surface area contributed by atoms with Crippen LogP contribution in [0.5, 0.6) is 0 Å².